The molecule has 6 aromatic rings. The van der Waals surface area contributed by atoms with Crippen LogP contribution in [0.15, 0.2) is 121 Å². The van der Waals surface area contributed by atoms with Gasteiger partial charge in [0.2, 0.25) is 5.91 Å². The van der Waals surface area contributed by atoms with Crippen molar-refractivity contribution in [1.29, 1.82) is 0 Å². The summed E-state index contributed by atoms with van der Waals surface area (Å²) in [4.78, 5) is 16.6. The summed E-state index contributed by atoms with van der Waals surface area (Å²) in [7, 11) is 0. The van der Waals surface area contributed by atoms with Crippen molar-refractivity contribution >= 4 is 22.5 Å². The van der Waals surface area contributed by atoms with E-state index in [4.69, 9.17) is 5.10 Å². The molecule has 0 aliphatic carbocycles. The van der Waals surface area contributed by atoms with Crippen LogP contribution in [0.2, 0.25) is 0 Å². The molecule has 40 heavy (non-hydrogen) atoms. The van der Waals surface area contributed by atoms with E-state index < -0.39 is 5.54 Å². The Kier molecular flexibility index (Phi) is 6.48. The third-order valence-electron chi connectivity index (χ3n) is 7.40. The van der Waals surface area contributed by atoms with E-state index >= 15 is 0 Å². The number of pyridine rings is 1. The predicted molar refractivity (Wildman–Crippen MR) is 161 cm³/mol. The van der Waals surface area contributed by atoms with Crippen LogP contribution in [0.1, 0.15) is 34.9 Å². The quantitative estimate of drug-likeness (QED) is 0.230. The first-order chi connectivity index (χ1) is 19.5. The highest BCUT2D eigenvalue weighted by Crippen LogP contribution is 2.44. The standard InChI is InChI=1S/C35H30N4O/c1-24-21-31-33(23-32(24)37-26(3)40)39(38-34(31)27-19-20-36-25(2)22-27)35(28-13-7-4-8-14-28,29-15-9-5-10-16-29)30-17-11-6-12-18-30/h4-23H,1-3H3,(H,37,40). The molecule has 4 aromatic carbocycles. The van der Waals surface area contributed by atoms with Gasteiger partial charge in [-0.15, -0.1) is 0 Å². The predicted octanol–water partition coefficient (Wildman–Crippen LogP) is 7.51. The minimum Gasteiger partial charge on any atom is -0.326 e. The molecule has 5 heteroatoms. The van der Waals surface area contributed by atoms with Gasteiger partial charge in [0.1, 0.15) is 11.2 Å². The van der Waals surface area contributed by atoms with Crippen LogP contribution in [0.5, 0.6) is 0 Å². The zero-order chi connectivity index (χ0) is 27.7. The van der Waals surface area contributed by atoms with Crippen LogP contribution >= 0.6 is 0 Å². The van der Waals surface area contributed by atoms with Crippen molar-refractivity contribution in [3.63, 3.8) is 0 Å². The first-order valence-corrected chi connectivity index (χ1v) is 13.4. The lowest BCUT2D eigenvalue weighted by atomic mass is 9.77. The van der Waals surface area contributed by atoms with Gasteiger partial charge in [-0.25, -0.2) is 4.68 Å². The average molecular weight is 523 g/mol. The first kappa shape index (κ1) is 25.3. The van der Waals surface area contributed by atoms with Crippen LogP contribution in [0.4, 0.5) is 5.69 Å². The van der Waals surface area contributed by atoms with Gasteiger partial charge in [0.05, 0.1) is 5.52 Å². The molecule has 2 aromatic heterocycles. The number of aromatic nitrogens is 3. The molecule has 2 heterocycles. The van der Waals surface area contributed by atoms with E-state index in [9.17, 15) is 4.79 Å². The number of anilines is 1. The average Bonchev–Trinajstić information content (AvgIpc) is 3.33. The lowest BCUT2D eigenvalue weighted by Gasteiger charge is -2.37. The molecule has 1 N–H and O–H groups in total. The molecule has 0 atom stereocenters. The third-order valence-corrected chi connectivity index (χ3v) is 7.40. The molecule has 0 aliphatic heterocycles. The van der Waals surface area contributed by atoms with Crippen molar-refractivity contribution in [3.05, 3.63) is 149 Å². The molecule has 5 nitrogen and oxygen atoms in total. The molecule has 196 valence electrons. The van der Waals surface area contributed by atoms with Gasteiger partial charge in [-0.1, -0.05) is 91.0 Å². The molecule has 1 amide bonds. The largest absolute Gasteiger partial charge is 0.326 e. The Morgan fingerprint density at radius 3 is 1.80 bits per heavy atom. The van der Waals surface area contributed by atoms with Crippen LogP contribution in [0.25, 0.3) is 22.2 Å². The fourth-order valence-corrected chi connectivity index (χ4v) is 5.66. The van der Waals surface area contributed by atoms with Crippen LogP contribution < -0.4 is 5.32 Å². The first-order valence-electron chi connectivity index (χ1n) is 13.4. The molecule has 0 unspecified atom stereocenters. The van der Waals surface area contributed by atoms with Crippen molar-refractivity contribution in [3.8, 4) is 11.3 Å². The van der Waals surface area contributed by atoms with Gasteiger partial charge in [0, 0.05) is 35.5 Å². The van der Waals surface area contributed by atoms with Crippen molar-refractivity contribution in [2.75, 3.05) is 5.32 Å². The second-order valence-corrected chi connectivity index (χ2v) is 10.1. The molecule has 6 rings (SSSR count). The molecule has 0 saturated heterocycles. The fourth-order valence-electron chi connectivity index (χ4n) is 5.66. The summed E-state index contributed by atoms with van der Waals surface area (Å²) >= 11 is 0. The summed E-state index contributed by atoms with van der Waals surface area (Å²) in [5.41, 5.74) is 7.87. The number of nitrogens with zero attached hydrogens (tertiary/aromatic N) is 3. The van der Waals surface area contributed by atoms with Crippen LogP contribution in [-0.2, 0) is 10.3 Å². The van der Waals surface area contributed by atoms with Gasteiger partial charge in [0.15, 0.2) is 0 Å². The molecular formula is C35H30N4O. The van der Waals surface area contributed by atoms with Gasteiger partial charge >= 0.3 is 0 Å². The molecule has 0 saturated carbocycles. The number of nitrogens with one attached hydrogen (secondary N) is 1. The summed E-state index contributed by atoms with van der Waals surface area (Å²) in [5, 5.41) is 9.48. The Morgan fingerprint density at radius 1 is 0.750 bits per heavy atom. The summed E-state index contributed by atoms with van der Waals surface area (Å²) in [5.74, 6) is -0.112. The molecule has 0 aliphatic rings. The normalized spacial score (nSPS) is 11.5. The highest BCUT2D eigenvalue weighted by atomic mass is 16.1. The Morgan fingerprint density at radius 2 is 1.30 bits per heavy atom. The number of rotatable bonds is 6. The monoisotopic (exact) mass is 522 g/mol. The second kappa shape index (κ2) is 10.3. The van der Waals surface area contributed by atoms with Gasteiger partial charge in [0.25, 0.3) is 0 Å². The minimum atomic E-state index is -0.800. The van der Waals surface area contributed by atoms with Crippen molar-refractivity contribution < 1.29 is 4.79 Å². The maximum atomic E-state index is 12.2. The molecule has 0 fully saturated rings. The Labute approximate surface area is 234 Å². The number of fused-ring (bicyclic) bond motifs is 1. The number of carbonyl (C=O) groups is 1. The van der Waals surface area contributed by atoms with Gasteiger partial charge in [-0.3, -0.25) is 9.78 Å². The van der Waals surface area contributed by atoms with Crippen LogP contribution in [0.3, 0.4) is 0 Å². The van der Waals surface area contributed by atoms with E-state index in [1.165, 1.54) is 6.92 Å². The molecule has 0 bridgehead atoms. The van der Waals surface area contributed by atoms with Gasteiger partial charge < -0.3 is 5.32 Å². The summed E-state index contributed by atoms with van der Waals surface area (Å²) in [6, 6.07) is 39.7. The topological polar surface area (TPSA) is 59.8 Å². The Bertz CT molecular complexity index is 1710. The highest BCUT2D eigenvalue weighted by molar-refractivity contribution is 5.99. The van der Waals surface area contributed by atoms with Crippen LogP contribution in [0, 0.1) is 13.8 Å². The molecule has 0 radical (unpaired) electrons. The third kappa shape index (κ3) is 4.26. The van der Waals surface area contributed by atoms with E-state index in [2.05, 4.69) is 106 Å². The number of carbonyl (C=O) groups excluding carboxylic acids is 1. The Balaban J connectivity index is 1.81. The highest BCUT2D eigenvalue weighted by Gasteiger charge is 2.41. The zero-order valence-electron chi connectivity index (χ0n) is 22.8. The number of aryl methyl sites for hydroxylation is 2. The van der Waals surface area contributed by atoms with E-state index in [0.717, 1.165) is 55.8 Å². The van der Waals surface area contributed by atoms with Crippen LogP contribution in [-0.4, -0.2) is 20.7 Å². The van der Waals surface area contributed by atoms with E-state index in [-0.39, 0.29) is 5.91 Å². The van der Waals surface area contributed by atoms with E-state index in [0.29, 0.717) is 0 Å². The summed E-state index contributed by atoms with van der Waals surface area (Å²) < 4.78 is 2.14. The van der Waals surface area contributed by atoms with E-state index in [1.54, 1.807) is 0 Å². The fraction of sp³-hybridized carbons (Fsp3) is 0.114. The van der Waals surface area contributed by atoms with Crippen molar-refractivity contribution in [2.24, 2.45) is 0 Å². The number of hydrogen-bond donors (Lipinski definition) is 1. The van der Waals surface area contributed by atoms with Gasteiger partial charge in [-0.05, 0) is 60.4 Å². The zero-order valence-corrected chi connectivity index (χ0v) is 22.8. The summed E-state index contributed by atoms with van der Waals surface area (Å²) in [6.45, 7) is 5.54. The minimum absolute atomic E-state index is 0.112. The maximum Gasteiger partial charge on any atom is 0.221 e. The van der Waals surface area contributed by atoms with Crippen molar-refractivity contribution in [1.82, 2.24) is 14.8 Å². The van der Waals surface area contributed by atoms with Crippen molar-refractivity contribution in [2.45, 2.75) is 26.3 Å². The SMILES string of the molecule is CC(=O)Nc1cc2c(cc1C)c(-c1ccnc(C)c1)nn2C(c1ccccc1)(c1ccccc1)c1ccccc1. The van der Waals surface area contributed by atoms with E-state index in [1.807, 2.05) is 44.3 Å². The number of benzene rings is 4. The number of amides is 1. The summed E-state index contributed by atoms with van der Waals surface area (Å²) in [6.07, 6.45) is 1.83. The second-order valence-electron chi connectivity index (χ2n) is 10.1. The number of hydrogen-bond acceptors (Lipinski definition) is 3. The maximum absolute atomic E-state index is 12.2. The Hall–Kier alpha value is -5.03. The lowest BCUT2D eigenvalue weighted by molar-refractivity contribution is -0.114. The lowest BCUT2D eigenvalue weighted by Crippen LogP contribution is -2.38. The molecule has 0 spiro atoms. The molecular weight excluding hydrogens is 492 g/mol. The van der Waals surface area contributed by atoms with Gasteiger partial charge in [-0.2, -0.15) is 5.10 Å². The smallest absolute Gasteiger partial charge is 0.221 e.